The summed E-state index contributed by atoms with van der Waals surface area (Å²) in [6.07, 6.45) is -4.80. The molecule has 31 heavy (non-hydrogen) atoms. The Labute approximate surface area is 177 Å². The van der Waals surface area contributed by atoms with Gasteiger partial charge in [-0.3, -0.25) is 9.59 Å². The fourth-order valence-electron chi connectivity index (χ4n) is 2.96. The smallest absolute Gasteiger partial charge is 0.406 e. The van der Waals surface area contributed by atoms with Crippen LogP contribution in [-0.4, -0.2) is 53.3 Å². The van der Waals surface area contributed by atoms with Crippen molar-refractivity contribution in [3.8, 4) is 5.75 Å². The summed E-state index contributed by atoms with van der Waals surface area (Å²) < 4.78 is 47.7. The number of thiazole rings is 1. The largest absolute Gasteiger partial charge is 0.573 e. The minimum Gasteiger partial charge on any atom is -0.406 e. The zero-order chi connectivity index (χ0) is 22.0. The lowest BCUT2D eigenvalue weighted by Gasteiger charge is -2.27. The molecule has 13 heteroatoms. The molecule has 1 amide bonds. The summed E-state index contributed by atoms with van der Waals surface area (Å²) in [7, 11) is 0. The Bertz CT molecular complexity index is 1160. The van der Waals surface area contributed by atoms with Crippen LogP contribution in [0.2, 0.25) is 0 Å². The van der Waals surface area contributed by atoms with Crippen LogP contribution in [0.5, 0.6) is 5.75 Å². The molecule has 0 atom stereocenters. The normalized spacial score (nSPS) is 14.6. The zero-order valence-corrected chi connectivity index (χ0v) is 16.7. The molecule has 1 N–H and O–H groups in total. The van der Waals surface area contributed by atoms with Crippen molar-refractivity contribution >= 4 is 38.4 Å². The number of ether oxygens (including phenoxy) is 2. The number of nitrogens with one attached hydrogen (secondary N) is 1. The predicted molar refractivity (Wildman–Crippen MR) is 106 cm³/mol. The molecule has 0 aliphatic carbocycles. The van der Waals surface area contributed by atoms with Gasteiger partial charge in [-0.2, -0.15) is 5.10 Å². The molecule has 1 aliphatic rings. The van der Waals surface area contributed by atoms with Crippen LogP contribution in [0.25, 0.3) is 10.2 Å². The molecule has 0 bridgehead atoms. The van der Waals surface area contributed by atoms with Crippen LogP contribution in [0.1, 0.15) is 0 Å². The molecule has 164 valence electrons. The SMILES string of the molecule is O=C(Cn1nc(N2CCOCC2)ccc1=O)Nc1nc2ccc(OC(F)(F)F)cc2s1. The van der Waals surface area contributed by atoms with Gasteiger partial charge in [-0.15, -0.1) is 13.2 Å². The van der Waals surface area contributed by atoms with Crippen molar-refractivity contribution in [1.29, 1.82) is 0 Å². The van der Waals surface area contributed by atoms with E-state index >= 15 is 0 Å². The summed E-state index contributed by atoms with van der Waals surface area (Å²) in [6.45, 7) is 2.02. The monoisotopic (exact) mass is 455 g/mol. The third kappa shape index (κ3) is 5.30. The van der Waals surface area contributed by atoms with Crippen molar-refractivity contribution in [1.82, 2.24) is 14.8 Å². The zero-order valence-electron chi connectivity index (χ0n) is 15.9. The molecule has 1 aliphatic heterocycles. The van der Waals surface area contributed by atoms with Crippen LogP contribution in [0.15, 0.2) is 35.1 Å². The van der Waals surface area contributed by atoms with Crippen molar-refractivity contribution in [2.75, 3.05) is 36.5 Å². The van der Waals surface area contributed by atoms with Gasteiger partial charge in [-0.1, -0.05) is 11.3 Å². The molecule has 0 saturated carbocycles. The fraction of sp³-hybridized carbons (Fsp3) is 0.333. The second kappa shape index (κ2) is 8.51. The van der Waals surface area contributed by atoms with Crippen LogP contribution < -0.4 is 20.5 Å². The van der Waals surface area contributed by atoms with E-state index in [1.165, 1.54) is 18.2 Å². The van der Waals surface area contributed by atoms with Crippen molar-refractivity contribution < 1.29 is 27.4 Å². The van der Waals surface area contributed by atoms with Gasteiger partial charge >= 0.3 is 6.36 Å². The van der Waals surface area contributed by atoms with Gasteiger partial charge < -0.3 is 19.7 Å². The predicted octanol–water partition coefficient (Wildman–Crippen LogP) is 2.23. The Morgan fingerprint density at radius 2 is 2.00 bits per heavy atom. The highest BCUT2D eigenvalue weighted by Crippen LogP contribution is 2.31. The summed E-state index contributed by atoms with van der Waals surface area (Å²) in [5.41, 5.74) is -0.0372. The minimum absolute atomic E-state index is 0.182. The van der Waals surface area contributed by atoms with Crippen molar-refractivity contribution in [3.63, 3.8) is 0 Å². The molecular weight excluding hydrogens is 439 g/mol. The van der Waals surface area contributed by atoms with E-state index in [0.29, 0.717) is 42.3 Å². The molecule has 3 aromatic rings. The summed E-state index contributed by atoms with van der Waals surface area (Å²) >= 11 is 0.986. The van der Waals surface area contributed by atoms with E-state index in [1.807, 2.05) is 4.90 Å². The number of anilines is 2. The third-order valence-corrected chi connectivity index (χ3v) is 5.25. The number of rotatable bonds is 5. The first-order chi connectivity index (χ1) is 14.8. The quantitative estimate of drug-likeness (QED) is 0.630. The first-order valence-corrected chi connectivity index (χ1v) is 9.95. The Morgan fingerprint density at radius 1 is 1.23 bits per heavy atom. The molecule has 0 spiro atoms. The number of hydrogen-bond donors (Lipinski definition) is 1. The van der Waals surface area contributed by atoms with Crippen molar-refractivity contribution in [3.05, 3.63) is 40.7 Å². The highest BCUT2D eigenvalue weighted by Gasteiger charge is 2.31. The lowest BCUT2D eigenvalue weighted by atomic mass is 10.3. The van der Waals surface area contributed by atoms with Gasteiger partial charge in [0.05, 0.1) is 23.4 Å². The number of aromatic nitrogens is 3. The Kier molecular flexibility index (Phi) is 5.78. The average Bonchev–Trinajstić information content (AvgIpc) is 3.10. The number of nitrogens with zero attached hydrogens (tertiary/aromatic N) is 4. The average molecular weight is 455 g/mol. The number of benzene rings is 1. The Hall–Kier alpha value is -3.19. The number of fused-ring (bicyclic) bond motifs is 1. The van der Waals surface area contributed by atoms with Gasteiger partial charge in [0.15, 0.2) is 5.13 Å². The number of halogens is 3. The summed E-state index contributed by atoms with van der Waals surface area (Å²) in [5, 5.41) is 6.97. The van der Waals surface area contributed by atoms with Crippen molar-refractivity contribution in [2.24, 2.45) is 0 Å². The highest BCUT2D eigenvalue weighted by atomic mass is 32.1. The van der Waals surface area contributed by atoms with Crippen LogP contribution in [0, 0.1) is 0 Å². The number of alkyl halides is 3. The lowest BCUT2D eigenvalue weighted by molar-refractivity contribution is -0.274. The van der Waals surface area contributed by atoms with Crippen LogP contribution >= 0.6 is 11.3 Å². The topological polar surface area (TPSA) is 98.6 Å². The third-order valence-electron chi connectivity index (χ3n) is 4.32. The molecule has 1 saturated heterocycles. The van der Waals surface area contributed by atoms with E-state index in [-0.39, 0.29) is 17.4 Å². The van der Waals surface area contributed by atoms with E-state index in [0.717, 1.165) is 22.1 Å². The number of carbonyl (C=O) groups is 1. The van der Waals surface area contributed by atoms with E-state index in [2.05, 4.69) is 20.1 Å². The second-order valence-corrected chi connectivity index (χ2v) is 7.56. The molecule has 3 heterocycles. The van der Waals surface area contributed by atoms with Crippen LogP contribution in [-0.2, 0) is 16.1 Å². The van der Waals surface area contributed by atoms with Gasteiger partial charge in [0.2, 0.25) is 5.91 Å². The van der Waals surface area contributed by atoms with Crippen LogP contribution in [0.4, 0.5) is 24.1 Å². The minimum atomic E-state index is -4.80. The molecule has 0 unspecified atom stereocenters. The molecule has 4 rings (SSSR count). The Balaban J connectivity index is 1.46. The number of hydrogen-bond acceptors (Lipinski definition) is 8. The second-order valence-electron chi connectivity index (χ2n) is 6.53. The summed E-state index contributed by atoms with van der Waals surface area (Å²) in [6, 6.07) is 6.62. The maximum atomic E-state index is 12.4. The molecule has 1 fully saturated rings. The summed E-state index contributed by atoms with van der Waals surface area (Å²) in [4.78, 5) is 30.6. The molecule has 0 radical (unpaired) electrons. The number of carbonyl (C=O) groups excluding carboxylic acids is 1. The van der Waals surface area contributed by atoms with Gasteiger partial charge in [0.1, 0.15) is 18.1 Å². The maximum Gasteiger partial charge on any atom is 0.573 e. The lowest BCUT2D eigenvalue weighted by Crippen LogP contribution is -2.38. The van der Waals surface area contributed by atoms with Gasteiger partial charge in [0, 0.05) is 25.2 Å². The summed E-state index contributed by atoms with van der Waals surface area (Å²) in [5.74, 6) is -0.357. The standard InChI is InChI=1S/C18H16F3N5O4S/c19-18(20,21)30-11-1-2-12-13(9-11)31-17(22-12)23-15(27)10-26-16(28)4-3-14(24-26)25-5-7-29-8-6-25/h1-4,9H,5-8,10H2,(H,22,23,27). The molecule has 9 nitrogen and oxygen atoms in total. The van der Waals surface area contributed by atoms with Gasteiger partial charge in [0.25, 0.3) is 5.56 Å². The van der Waals surface area contributed by atoms with Crippen LogP contribution in [0.3, 0.4) is 0 Å². The van der Waals surface area contributed by atoms with Gasteiger partial charge in [-0.25, -0.2) is 9.67 Å². The molecule has 1 aromatic carbocycles. The Morgan fingerprint density at radius 3 is 2.74 bits per heavy atom. The van der Waals surface area contributed by atoms with E-state index in [4.69, 9.17) is 4.74 Å². The first kappa shape index (κ1) is 21.1. The number of amides is 1. The number of morpholine rings is 1. The fourth-order valence-corrected chi connectivity index (χ4v) is 3.87. The van der Waals surface area contributed by atoms with Gasteiger partial charge in [-0.05, 0) is 18.2 Å². The van der Waals surface area contributed by atoms with E-state index in [1.54, 1.807) is 6.07 Å². The van der Waals surface area contributed by atoms with E-state index < -0.39 is 17.8 Å². The highest BCUT2D eigenvalue weighted by molar-refractivity contribution is 7.22. The van der Waals surface area contributed by atoms with Crippen molar-refractivity contribution in [2.45, 2.75) is 12.9 Å². The first-order valence-electron chi connectivity index (χ1n) is 9.14. The molecule has 2 aromatic heterocycles. The maximum absolute atomic E-state index is 12.4. The molecular formula is C18H16F3N5O4S. The van der Waals surface area contributed by atoms with E-state index in [9.17, 15) is 22.8 Å².